The number of nitrogens with zero attached hydrogens (tertiary/aromatic N) is 5. The van der Waals surface area contributed by atoms with Gasteiger partial charge in [-0.1, -0.05) is 78.9 Å². The Hall–Kier alpha value is -4.33. The molecule has 0 saturated carbocycles. The number of tetrazole rings is 1. The number of rotatable bonds is 6. The van der Waals surface area contributed by atoms with Gasteiger partial charge < -0.3 is 5.32 Å². The van der Waals surface area contributed by atoms with Crippen molar-refractivity contribution in [2.24, 2.45) is 0 Å². The van der Waals surface area contributed by atoms with E-state index >= 15 is 0 Å². The molecule has 1 aliphatic rings. The Kier molecular flexibility index (Phi) is 4.95. The van der Waals surface area contributed by atoms with Crippen LogP contribution in [0.4, 0.5) is 4.79 Å². The number of hydrogen-bond donors (Lipinski definition) is 1. The van der Waals surface area contributed by atoms with Gasteiger partial charge in [0.25, 0.3) is 5.91 Å². The molecule has 1 unspecified atom stereocenters. The molecule has 2 heterocycles. The molecule has 8 heteroatoms. The molecule has 1 aromatic heterocycles. The first-order valence-electron chi connectivity index (χ1n) is 10.2. The molecular weight excluding hydrogens is 404 g/mol. The number of para-hydroxylation sites is 1. The standard InChI is InChI=1S/C24H20N6O2/c31-22-24(19-12-6-2-7-13-19,16-18-10-4-1-5-11-18)25-23(32)29(22)17-21-26-27-28-30(21)20-14-8-3-9-15-20/h1-15H,16-17H2,(H,25,32). The number of amides is 3. The fraction of sp³-hybridized carbons (Fsp3) is 0.125. The van der Waals surface area contributed by atoms with E-state index in [0.717, 1.165) is 16.8 Å². The number of hydrogen-bond acceptors (Lipinski definition) is 5. The highest BCUT2D eigenvalue weighted by molar-refractivity contribution is 6.07. The average molecular weight is 424 g/mol. The Morgan fingerprint density at radius 3 is 2.12 bits per heavy atom. The zero-order valence-corrected chi connectivity index (χ0v) is 17.1. The third-order valence-corrected chi connectivity index (χ3v) is 5.59. The molecular formula is C24H20N6O2. The number of nitrogens with one attached hydrogen (secondary N) is 1. The lowest BCUT2D eigenvalue weighted by atomic mass is 9.83. The van der Waals surface area contributed by atoms with Crippen molar-refractivity contribution in [2.45, 2.75) is 18.5 Å². The van der Waals surface area contributed by atoms with Gasteiger partial charge in [-0.2, -0.15) is 4.68 Å². The van der Waals surface area contributed by atoms with E-state index in [9.17, 15) is 9.59 Å². The Morgan fingerprint density at radius 1 is 0.812 bits per heavy atom. The Labute approximate surface area is 184 Å². The summed E-state index contributed by atoms with van der Waals surface area (Å²) in [4.78, 5) is 28.0. The SMILES string of the molecule is O=C1NC(Cc2ccccc2)(c2ccccc2)C(=O)N1Cc1nnnn1-c1ccccc1. The molecule has 0 bridgehead atoms. The summed E-state index contributed by atoms with van der Waals surface area (Å²) >= 11 is 0. The van der Waals surface area contributed by atoms with Crippen molar-refractivity contribution in [3.05, 3.63) is 108 Å². The Balaban J connectivity index is 1.51. The lowest BCUT2D eigenvalue weighted by molar-refractivity contribution is -0.132. The average Bonchev–Trinajstić information content (AvgIpc) is 3.40. The van der Waals surface area contributed by atoms with E-state index in [2.05, 4.69) is 20.8 Å². The maximum Gasteiger partial charge on any atom is 0.325 e. The second-order valence-corrected chi connectivity index (χ2v) is 7.60. The number of imide groups is 1. The number of urea groups is 1. The minimum absolute atomic E-state index is 0.0457. The third kappa shape index (κ3) is 3.41. The summed E-state index contributed by atoms with van der Waals surface area (Å²) in [6, 6.07) is 27.8. The molecule has 1 atom stereocenters. The highest BCUT2D eigenvalue weighted by Crippen LogP contribution is 2.33. The zero-order valence-electron chi connectivity index (χ0n) is 17.1. The van der Waals surface area contributed by atoms with Crippen molar-refractivity contribution in [3.8, 4) is 5.69 Å². The van der Waals surface area contributed by atoms with E-state index in [1.165, 1.54) is 9.58 Å². The molecule has 158 valence electrons. The van der Waals surface area contributed by atoms with Gasteiger partial charge in [0, 0.05) is 6.42 Å². The van der Waals surface area contributed by atoms with Crippen LogP contribution in [0.1, 0.15) is 17.0 Å². The van der Waals surface area contributed by atoms with E-state index in [-0.39, 0.29) is 12.5 Å². The van der Waals surface area contributed by atoms with Crippen LogP contribution in [0, 0.1) is 0 Å². The number of aromatic nitrogens is 4. The minimum Gasteiger partial charge on any atom is -0.319 e. The molecule has 1 fully saturated rings. The van der Waals surface area contributed by atoms with Gasteiger partial charge in [0.15, 0.2) is 11.4 Å². The largest absolute Gasteiger partial charge is 0.325 e. The van der Waals surface area contributed by atoms with Crippen molar-refractivity contribution in [1.82, 2.24) is 30.4 Å². The van der Waals surface area contributed by atoms with Crippen LogP contribution in [0.15, 0.2) is 91.0 Å². The quantitative estimate of drug-likeness (QED) is 0.481. The first-order chi connectivity index (χ1) is 15.7. The molecule has 3 aromatic carbocycles. The summed E-state index contributed by atoms with van der Waals surface area (Å²) in [5.74, 6) is 0.0587. The van der Waals surface area contributed by atoms with Gasteiger partial charge in [-0.15, -0.1) is 5.10 Å². The van der Waals surface area contributed by atoms with Crippen LogP contribution in [0.2, 0.25) is 0 Å². The van der Waals surface area contributed by atoms with Crippen molar-refractivity contribution >= 4 is 11.9 Å². The maximum atomic E-state index is 13.8. The molecule has 1 aliphatic heterocycles. The van der Waals surface area contributed by atoms with Crippen LogP contribution < -0.4 is 5.32 Å². The Bertz CT molecular complexity index is 1240. The van der Waals surface area contributed by atoms with Gasteiger partial charge in [-0.3, -0.25) is 9.69 Å². The second-order valence-electron chi connectivity index (χ2n) is 7.60. The van der Waals surface area contributed by atoms with Crippen molar-refractivity contribution < 1.29 is 9.59 Å². The van der Waals surface area contributed by atoms with Gasteiger partial charge in [-0.25, -0.2) is 4.79 Å². The van der Waals surface area contributed by atoms with Crippen molar-refractivity contribution in [3.63, 3.8) is 0 Å². The zero-order chi connectivity index (χ0) is 22.0. The number of carbonyl (C=O) groups excluding carboxylic acids is 2. The van der Waals surface area contributed by atoms with Gasteiger partial charge in [-0.05, 0) is 33.7 Å². The van der Waals surface area contributed by atoms with Crippen LogP contribution in [0.25, 0.3) is 5.69 Å². The Morgan fingerprint density at radius 2 is 1.44 bits per heavy atom. The first kappa shape index (κ1) is 19.6. The summed E-state index contributed by atoms with van der Waals surface area (Å²) in [5, 5.41) is 14.8. The fourth-order valence-corrected chi connectivity index (χ4v) is 4.03. The topological polar surface area (TPSA) is 93.0 Å². The van der Waals surface area contributed by atoms with Crippen molar-refractivity contribution in [1.29, 1.82) is 0 Å². The minimum atomic E-state index is -1.20. The highest BCUT2D eigenvalue weighted by atomic mass is 16.2. The summed E-state index contributed by atoms with van der Waals surface area (Å²) in [6.07, 6.45) is 0.336. The summed E-state index contributed by atoms with van der Waals surface area (Å²) < 4.78 is 1.53. The third-order valence-electron chi connectivity index (χ3n) is 5.59. The molecule has 4 aromatic rings. The lowest BCUT2D eigenvalue weighted by Crippen LogP contribution is -2.46. The predicted molar refractivity (Wildman–Crippen MR) is 117 cm³/mol. The van der Waals surface area contributed by atoms with E-state index in [1.807, 2.05) is 91.0 Å². The summed E-state index contributed by atoms with van der Waals surface area (Å²) in [7, 11) is 0. The molecule has 1 saturated heterocycles. The van der Waals surface area contributed by atoms with Gasteiger partial charge in [0.1, 0.15) is 0 Å². The molecule has 32 heavy (non-hydrogen) atoms. The normalized spacial score (nSPS) is 18.1. The smallest absolute Gasteiger partial charge is 0.319 e. The highest BCUT2D eigenvalue weighted by Gasteiger charge is 2.52. The maximum absolute atomic E-state index is 13.8. The van der Waals surface area contributed by atoms with Gasteiger partial charge in [0.2, 0.25) is 0 Å². The van der Waals surface area contributed by atoms with E-state index < -0.39 is 11.6 Å². The van der Waals surface area contributed by atoms with Crippen LogP contribution in [0.3, 0.4) is 0 Å². The summed E-state index contributed by atoms with van der Waals surface area (Å²) in [5.41, 5.74) is 1.22. The predicted octanol–water partition coefficient (Wildman–Crippen LogP) is 2.85. The van der Waals surface area contributed by atoms with E-state index in [4.69, 9.17) is 0 Å². The molecule has 1 N–H and O–H groups in total. The molecule has 0 spiro atoms. The number of carbonyl (C=O) groups is 2. The van der Waals surface area contributed by atoms with Gasteiger partial charge in [0.05, 0.1) is 12.2 Å². The van der Waals surface area contributed by atoms with Crippen LogP contribution in [0.5, 0.6) is 0 Å². The van der Waals surface area contributed by atoms with E-state index in [0.29, 0.717) is 12.2 Å². The lowest BCUT2D eigenvalue weighted by Gasteiger charge is -2.27. The molecule has 3 amide bonds. The summed E-state index contributed by atoms with van der Waals surface area (Å²) in [6.45, 7) is -0.0457. The monoisotopic (exact) mass is 424 g/mol. The van der Waals surface area contributed by atoms with Crippen LogP contribution in [-0.4, -0.2) is 37.0 Å². The number of benzene rings is 3. The molecule has 0 aliphatic carbocycles. The van der Waals surface area contributed by atoms with Crippen LogP contribution in [-0.2, 0) is 23.3 Å². The first-order valence-corrected chi connectivity index (χ1v) is 10.2. The van der Waals surface area contributed by atoms with Crippen LogP contribution >= 0.6 is 0 Å². The molecule has 5 rings (SSSR count). The molecule has 0 radical (unpaired) electrons. The second kappa shape index (κ2) is 8.07. The van der Waals surface area contributed by atoms with Crippen molar-refractivity contribution in [2.75, 3.05) is 0 Å². The van der Waals surface area contributed by atoms with E-state index in [1.54, 1.807) is 0 Å². The fourth-order valence-electron chi connectivity index (χ4n) is 4.03. The van der Waals surface area contributed by atoms with Gasteiger partial charge >= 0.3 is 6.03 Å². The molecule has 8 nitrogen and oxygen atoms in total.